The lowest BCUT2D eigenvalue weighted by Crippen LogP contribution is -2.19. The molecule has 5 aromatic rings. The van der Waals surface area contributed by atoms with Crippen molar-refractivity contribution in [1.82, 2.24) is 20.4 Å². The Bertz CT molecular complexity index is 1680. The number of hydrogen-bond donors (Lipinski definition) is 3. The van der Waals surface area contributed by atoms with Crippen LogP contribution in [0.2, 0.25) is 0 Å². The smallest absolute Gasteiger partial charge is 0.324 e. The Hall–Kier alpha value is -4.39. The molecule has 0 fully saturated rings. The summed E-state index contributed by atoms with van der Waals surface area (Å²) in [5.41, 5.74) is 2.59. The van der Waals surface area contributed by atoms with E-state index in [0.29, 0.717) is 24.7 Å². The summed E-state index contributed by atoms with van der Waals surface area (Å²) in [7, 11) is 1.67. The highest BCUT2D eigenvalue weighted by Gasteiger charge is 2.20. The van der Waals surface area contributed by atoms with Crippen LogP contribution in [0.4, 0.5) is 20.7 Å². The minimum absolute atomic E-state index is 0.0122. The number of urea groups is 1. The van der Waals surface area contributed by atoms with Crippen LogP contribution in [-0.2, 0) is 16.7 Å². The predicted octanol–water partition coefficient (Wildman–Crippen LogP) is 6.96. The first-order chi connectivity index (χ1) is 20.2. The molecule has 0 spiro atoms. The van der Waals surface area contributed by atoms with Crippen LogP contribution in [0.5, 0.6) is 11.5 Å². The molecular weight excluding hydrogens is 559 g/mol. The number of halogens is 1. The van der Waals surface area contributed by atoms with Gasteiger partial charge < -0.3 is 24.6 Å². The number of pyridine rings is 2. The molecule has 1 aromatic carbocycles. The van der Waals surface area contributed by atoms with Crippen LogP contribution in [0.25, 0.3) is 20.8 Å². The zero-order valence-electron chi connectivity index (χ0n) is 23.7. The second-order valence-electron chi connectivity index (χ2n) is 10.5. The molecule has 0 aliphatic carbocycles. The monoisotopic (exact) mass is 590 g/mol. The van der Waals surface area contributed by atoms with Gasteiger partial charge in [-0.05, 0) is 29.8 Å². The van der Waals surface area contributed by atoms with Gasteiger partial charge in [-0.3, -0.25) is 15.3 Å². The van der Waals surface area contributed by atoms with Crippen molar-refractivity contribution >= 4 is 39.1 Å². The molecule has 0 aliphatic heterocycles. The Morgan fingerprint density at radius 2 is 1.90 bits per heavy atom. The number of aromatic nitrogens is 3. The largest absolute Gasteiger partial charge is 0.453 e. The number of methoxy groups -OCH3 is 1. The number of rotatable bonds is 10. The van der Waals surface area contributed by atoms with E-state index in [4.69, 9.17) is 14.0 Å². The molecule has 218 valence electrons. The van der Waals surface area contributed by atoms with Crippen molar-refractivity contribution in [2.45, 2.75) is 32.7 Å². The highest BCUT2D eigenvalue weighted by atomic mass is 32.1. The number of hydrogen-bond acceptors (Lipinski definition) is 9. The maximum absolute atomic E-state index is 15.0. The molecule has 3 N–H and O–H groups in total. The van der Waals surface area contributed by atoms with Crippen molar-refractivity contribution < 1.29 is 23.2 Å². The molecule has 4 aromatic heterocycles. The summed E-state index contributed by atoms with van der Waals surface area (Å²) in [4.78, 5) is 22.4. The van der Waals surface area contributed by atoms with Gasteiger partial charge in [0, 0.05) is 61.9 Å². The number of ether oxygens (including phenoxy) is 2. The number of fused-ring (bicyclic) bond motifs is 1. The topological polar surface area (TPSA) is 123 Å². The molecule has 5 rings (SSSR count). The van der Waals surface area contributed by atoms with Gasteiger partial charge in [0.1, 0.15) is 11.5 Å². The maximum Gasteiger partial charge on any atom is 0.324 e. The van der Waals surface area contributed by atoms with Gasteiger partial charge in [0.05, 0.1) is 27.4 Å². The van der Waals surface area contributed by atoms with E-state index < -0.39 is 11.8 Å². The summed E-state index contributed by atoms with van der Waals surface area (Å²) in [5.74, 6) is 0.731. The molecule has 4 heterocycles. The van der Waals surface area contributed by atoms with Gasteiger partial charge in [-0.15, -0.1) is 11.3 Å². The average molecular weight is 591 g/mol. The van der Waals surface area contributed by atoms with E-state index in [2.05, 4.69) is 31.1 Å². The van der Waals surface area contributed by atoms with Crippen LogP contribution >= 0.6 is 11.3 Å². The molecule has 2 amide bonds. The third-order valence-corrected chi connectivity index (χ3v) is 7.33. The number of nitrogens with one attached hydrogen (secondary N) is 3. The van der Waals surface area contributed by atoms with Gasteiger partial charge in [0.25, 0.3) is 0 Å². The summed E-state index contributed by atoms with van der Waals surface area (Å²) >= 11 is 1.46. The summed E-state index contributed by atoms with van der Waals surface area (Å²) in [5, 5.41) is 12.3. The van der Waals surface area contributed by atoms with Crippen LogP contribution in [0, 0.1) is 5.82 Å². The molecule has 0 radical (unpaired) electrons. The van der Waals surface area contributed by atoms with Gasteiger partial charge >= 0.3 is 6.03 Å². The molecule has 10 nitrogen and oxygen atoms in total. The molecule has 0 saturated carbocycles. The molecule has 12 heteroatoms. The molecule has 0 atom stereocenters. The minimum Gasteiger partial charge on any atom is -0.453 e. The Morgan fingerprint density at radius 1 is 1.05 bits per heavy atom. The number of benzene rings is 1. The van der Waals surface area contributed by atoms with E-state index in [0.717, 1.165) is 32.9 Å². The lowest BCUT2D eigenvalue weighted by molar-refractivity contribution is 0.199. The Balaban J connectivity index is 1.25. The third-order valence-electron chi connectivity index (χ3n) is 6.17. The SMILES string of the molecule is COCCNCc1ccc(-c2cc3nccc(Oc4ccc(NC(=O)Nc5cc(C(C)(C)C)on5)cc4F)c3s2)nc1. The average Bonchev–Trinajstić information content (AvgIpc) is 3.61. The van der Waals surface area contributed by atoms with Crippen LogP contribution < -0.4 is 20.7 Å². The zero-order chi connectivity index (χ0) is 29.7. The Labute approximate surface area is 246 Å². The van der Waals surface area contributed by atoms with Gasteiger partial charge in [0.2, 0.25) is 0 Å². The van der Waals surface area contributed by atoms with Gasteiger partial charge in [-0.2, -0.15) is 0 Å². The van der Waals surface area contributed by atoms with E-state index in [1.54, 1.807) is 31.5 Å². The normalized spacial score (nSPS) is 11.5. The Morgan fingerprint density at radius 3 is 2.62 bits per heavy atom. The van der Waals surface area contributed by atoms with Crippen LogP contribution in [-0.4, -0.2) is 41.4 Å². The van der Waals surface area contributed by atoms with Gasteiger partial charge in [-0.25, -0.2) is 9.18 Å². The first-order valence-corrected chi connectivity index (χ1v) is 14.1. The van der Waals surface area contributed by atoms with E-state index in [-0.39, 0.29) is 22.7 Å². The highest BCUT2D eigenvalue weighted by Crippen LogP contribution is 2.39. The lowest BCUT2D eigenvalue weighted by Gasteiger charge is -2.12. The molecule has 0 bridgehead atoms. The number of carbonyl (C=O) groups excluding carboxylic acids is 1. The molecule has 42 heavy (non-hydrogen) atoms. The standard InChI is InChI=1S/C30H31FN6O4S/c1-30(2,3)26-15-27(37-41-26)36-29(38)35-19-6-8-23(20(31)13-19)40-24-9-10-33-22-14-25(42-28(22)24)21-7-5-18(17-34-21)16-32-11-12-39-4/h5-10,13-15,17,32H,11-12,16H2,1-4H3,(H2,35,36,37,38). The summed E-state index contributed by atoms with van der Waals surface area (Å²) in [6.07, 6.45) is 3.45. The van der Waals surface area contributed by atoms with Crippen molar-refractivity contribution in [3.05, 3.63) is 78.1 Å². The maximum atomic E-state index is 15.0. The fourth-order valence-electron chi connectivity index (χ4n) is 3.95. The van der Waals surface area contributed by atoms with Crippen molar-refractivity contribution in [1.29, 1.82) is 0 Å². The van der Waals surface area contributed by atoms with Crippen LogP contribution in [0.15, 0.2) is 65.4 Å². The summed E-state index contributed by atoms with van der Waals surface area (Å²) < 4.78 is 32.1. The highest BCUT2D eigenvalue weighted by molar-refractivity contribution is 7.22. The number of nitrogens with zero attached hydrogens (tertiary/aromatic N) is 3. The van der Waals surface area contributed by atoms with Crippen LogP contribution in [0.3, 0.4) is 0 Å². The second-order valence-corrected chi connectivity index (χ2v) is 11.6. The number of amides is 2. The molecule has 0 saturated heterocycles. The molecule has 0 aliphatic rings. The molecular formula is C30H31FN6O4S. The van der Waals surface area contributed by atoms with Gasteiger partial charge in [0.15, 0.2) is 17.4 Å². The van der Waals surface area contributed by atoms with Crippen molar-refractivity contribution in [3.8, 4) is 22.1 Å². The van der Waals surface area contributed by atoms with E-state index in [1.807, 2.05) is 45.2 Å². The van der Waals surface area contributed by atoms with Crippen molar-refractivity contribution in [2.24, 2.45) is 0 Å². The minimum atomic E-state index is -0.637. The molecule has 0 unspecified atom stereocenters. The third kappa shape index (κ3) is 7.08. The first-order valence-electron chi connectivity index (χ1n) is 13.3. The van der Waals surface area contributed by atoms with Crippen LogP contribution in [0.1, 0.15) is 32.1 Å². The quantitative estimate of drug-likeness (QED) is 0.149. The predicted molar refractivity (Wildman–Crippen MR) is 161 cm³/mol. The number of anilines is 2. The van der Waals surface area contributed by atoms with E-state index in [1.165, 1.54) is 23.5 Å². The van der Waals surface area contributed by atoms with E-state index in [9.17, 15) is 4.79 Å². The fraction of sp³-hybridized carbons (Fsp3) is 0.267. The number of carbonyl (C=O) groups is 1. The first kappa shape index (κ1) is 29.1. The fourth-order valence-corrected chi connectivity index (χ4v) is 4.99. The lowest BCUT2D eigenvalue weighted by atomic mass is 9.93. The Kier molecular flexibility index (Phi) is 8.76. The van der Waals surface area contributed by atoms with Crippen molar-refractivity contribution in [3.63, 3.8) is 0 Å². The number of thiophene rings is 1. The van der Waals surface area contributed by atoms with Gasteiger partial charge in [-0.1, -0.05) is 32.0 Å². The zero-order valence-corrected chi connectivity index (χ0v) is 24.5. The van der Waals surface area contributed by atoms with E-state index >= 15 is 4.39 Å². The van der Waals surface area contributed by atoms with Crippen molar-refractivity contribution in [2.75, 3.05) is 30.9 Å². The summed E-state index contributed by atoms with van der Waals surface area (Å²) in [6, 6.07) is 12.9. The second kappa shape index (κ2) is 12.6. The summed E-state index contributed by atoms with van der Waals surface area (Å²) in [6.45, 7) is 8.03.